The summed E-state index contributed by atoms with van der Waals surface area (Å²) in [6, 6.07) is -0.662. The van der Waals surface area contributed by atoms with E-state index < -0.39 is 29.2 Å². The van der Waals surface area contributed by atoms with Crippen LogP contribution >= 0.6 is 0 Å². The number of esters is 1. The SMILES string of the molecule is CCCCCCC[C@@H]1C[C@]1(NC(=O)[C@@H]1CCCN1C(=O)CNC(=O)OC(C)(C)C)C(=O)OC. The van der Waals surface area contributed by atoms with E-state index in [0.29, 0.717) is 25.8 Å². The molecule has 0 aromatic heterocycles. The van der Waals surface area contributed by atoms with Gasteiger partial charge in [0.1, 0.15) is 23.7 Å². The van der Waals surface area contributed by atoms with Crippen LogP contribution < -0.4 is 10.6 Å². The van der Waals surface area contributed by atoms with E-state index in [1.54, 1.807) is 20.8 Å². The lowest BCUT2D eigenvalue weighted by atomic mass is 10.0. The molecule has 9 nitrogen and oxygen atoms in total. The molecule has 0 aromatic rings. The highest BCUT2D eigenvalue weighted by molar-refractivity contribution is 5.95. The van der Waals surface area contributed by atoms with Gasteiger partial charge in [0.25, 0.3) is 0 Å². The number of nitrogens with zero attached hydrogens (tertiary/aromatic N) is 1. The van der Waals surface area contributed by atoms with Gasteiger partial charge in [-0.15, -0.1) is 0 Å². The summed E-state index contributed by atoms with van der Waals surface area (Å²) in [5.41, 5.74) is -1.65. The lowest BCUT2D eigenvalue weighted by molar-refractivity contribution is -0.148. The van der Waals surface area contributed by atoms with Crippen LogP contribution in [0, 0.1) is 5.92 Å². The molecule has 1 saturated carbocycles. The van der Waals surface area contributed by atoms with Gasteiger partial charge in [-0.1, -0.05) is 39.0 Å². The quantitative estimate of drug-likeness (QED) is 0.357. The van der Waals surface area contributed by atoms with Gasteiger partial charge < -0.3 is 25.0 Å². The number of carbonyl (C=O) groups is 4. The van der Waals surface area contributed by atoms with Crippen LogP contribution in [0.3, 0.4) is 0 Å². The van der Waals surface area contributed by atoms with Crippen LogP contribution in [0.2, 0.25) is 0 Å². The third-order valence-corrected chi connectivity index (χ3v) is 6.32. The molecule has 1 aliphatic heterocycles. The first-order valence-electron chi connectivity index (χ1n) is 12.2. The van der Waals surface area contributed by atoms with Crippen LogP contribution in [0.5, 0.6) is 0 Å². The van der Waals surface area contributed by atoms with Crippen molar-refractivity contribution in [1.29, 1.82) is 0 Å². The maximum absolute atomic E-state index is 13.1. The van der Waals surface area contributed by atoms with Crippen molar-refractivity contribution in [2.75, 3.05) is 20.2 Å². The first-order valence-corrected chi connectivity index (χ1v) is 12.2. The van der Waals surface area contributed by atoms with Gasteiger partial charge in [0.05, 0.1) is 7.11 Å². The van der Waals surface area contributed by atoms with Gasteiger partial charge in [-0.25, -0.2) is 9.59 Å². The average Bonchev–Trinajstić information content (AvgIpc) is 3.20. The second-order valence-electron chi connectivity index (χ2n) is 10.2. The molecule has 2 fully saturated rings. The van der Waals surface area contributed by atoms with E-state index >= 15 is 0 Å². The molecule has 1 aliphatic carbocycles. The number of likely N-dealkylation sites (tertiary alicyclic amines) is 1. The van der Waals surface area contributed by atoms with E-state index in [9.17, 15) is 19.2 Å². The van der Waals surface area contributed by atoms with Gasteiger partial charge >= 0.3 is 12.1 Å². The molecule has 0 spiro atoms. The Balaban J connectivity index is 1.91. The van der Waals surface area contributed by atoms with Crippen LogP contribution in [0.25, 0.3) is 0 Å². The summed E-state index contributed by atoms with van der Waals surface area (Å²) in [6.07, 6.45) is 7.65. The molecule has 0 bridgehead atoms. The van der Waals surface area contributed by atoms with Crippen molar-refractivity contribution in [3.05, 3.63) is 0 Å². The van der Waals surface area contributed by atoms with Gasteiger partial charge in [-0.05, 0) is 52.4 Å². The second-order valence-corrected chi connectivity index (χ2v) is 10.2. The van der Waals surface area contributed by atoms with Crippen molar-refractivity contribution in [3.63, 3.8) is 0 Å². The van der Waals surface area contributed by atoms with Crippen molar-refractivity contribution in [3.8, 4) is 0 Å². The molecular weight excluding hydrogens is 426 g/mol. The lowest BCUT2D eigenvalue weighted by Gasteiger charge is -2.27. The molecule has 3 amide bonds. The third-order valence-electron chi connectivity index (χ3n) is 6.32. The van der Waals surface area contributed by atoms with Crippen LogP contribution in [-0.4, -0.2) is 66.2 Å². The van der Waals surface area contributed by atoms with Crippen molar-refractivity contribution < 1.29 is 28.7 Å². The van der Waals surface area contributed by atoms with Crippen molar-refractivity contribution in [2.24, 2.45) is 5.92 Å². The first kappa shape index (κ1) is 26.9. The number of hydrogen-bond donors (Lipinski definition) is 2. The third kappa shape index (κ3) is 7.61. The highest BCUT2D eigenvalue weighted by Crippen LogP contribution is 2.48. The Morgan fingerprint density at radius 3 is 2.42 bits per heavy atom. The highest BCUT2D eigenvalue weighted by Gasteiger charge is 2.62. The summed E-state index contributed by atoms with van der Waals surface area (Å²) in [4.78, 5) is 51.6. The van der Waals surface area contributed by atoms with Crippen LogP contribution in [-0.2, 0) is 23.9 Å². The standard InChI is InChI=1S/C24H41N3O6/c1-6-7-8-9-10-12-17-15-24(17,21(30)32-5)26-20(29)18-13-11-14-27(18)19(28)16-25-22(31)33-23(2,3)4/h17-18H,6-16H2,1-5H3,(H,25,31)(H,26,29)/t17-,18+,24-/m1/s1. The molecule has 33 heavy (non-hydrogen) atoms. The Labute approximate surface area is 197 Å². The number of amides is 3. The van der Waals surface area contributed by atoms with E-state index in [4.69, 9.17) is 9.47 Å². The minimum atomic E-state index is -0.983. The number of nitrogens with one attached hydrogen (secondary N) is 2. The van der Waals surface area contributed by atoms with E-state index in [2.05, 4.69) is 17.6 Å². The number of alkyl carbamates (subject to hydrolysis) is 1. The highest BCUT2D eigenvalue weighted by atomic mass is 16.6. The fraction of sp³-hybridized carbons (Fsp3) is 0.833. The molecule has 0 radical (unpaired) electrons. The fourth-order valence-corrected chi connectivity index (χ4v) is 4.51. The van der Waals surface area contributed by atoms with Gasteiger partial charge in [-0.3, -0.25) is 9.59 Å². The van der Waals surface area contributed by atoms with Crippen LogP contribution in [0.4, 0.5) is 4.79 Å². The average molecular weight is 468 g/mol. The molecule has 2 aliphatic rings. The van der Waals surface area contributed by atoms with Gasteiger partial charge in [0.15, 0.2) is 0 Å². The summed E-state index contributed by atoms with van der Waals surface area (Å²) < 4.78 is 10.2. The molecule has 1 saturated heterocycles. The Kier molecular flexibility index (Phi) is 9.55. The van der Waals surface area contributed by atoms with Gasteiger partial charge in [-0.2, -0.15) is 0 Å². The van der Waals surface area contributed by atoms with Crippen molar-refractivity contribution >= 4 is 23.9 Å². The van der Waals surface area contributed by atoms with E-state index in [-0.39, 0.29) is 24.3 Å². The molecule has 0 aromatic carbocycles. The molecule has 1 heterocycles. The number of hydrogen-bond acceptors (Lipinski definition) is 6. The zero-order chi connectivity index (χ0) is 24.6. The minimum Gasteiger partial charge on any atom is -0.467 e. The monoisotopic (exact) mass is 467 g/mol. The summed E-state index contributed by atoms with van der Waals surface area (Å²) in [5.74, 6) is -1.04. The summed E-state index contributed by atoms with van der Waals surface area (Å²) in [5, 5.41) is 5.37. The number of ether oxygens (including phenoxy) is 2. The largest absolute Gasteiger partial charge is 0.467 e. The van der Waals surface area contributed by atoms with Crippen LogP contribution in [0.1, 0.15) is 85.5 Å². The topological polar surface area (TPSA) is 114 Å². The summed E-state index contributed by atoms with van der Waals surface area (Å²) in [7, 11) is 1.33. The summed E-state index contributed by atoms with van der Waals surface area (Å²) in [6.45, 7) is 7.57. The lowest BCUT2D eigenvalue weighted by Crippen LogP contribution is -2.54. The van der Waals surface area contributed by atoms with Gasteiger partial charge in [0.2, 0.25) is 11.8 Å². The Morgan fingerprint density at radius 1 is 1.09 bits per heavy atom. The summed E-state index contributed by atoms with van der Waals surface area (Å²) >= 11 is 0. The molecule has 2 N–H and O–H groups in total. The normalized spacial score (nSPS) is 24.2. The first-order chi connectivity index (χ1) is 15.5. The number of carbonyl (C=O) groups excluding carboxylic acids is 4. The maximum atomic E-state index is 13.1. The predicted octanol–water partition coefficient (Wildman–Crippen LogP) is 2.91. The molecule has 188 valence electrons. The molecule has 2 rings (SSSR count). The molecule has 3 atom stereocenters. The zero-order valence-corrected chi connectivity index (χ0v) is 20.8. The van der Waals surface area contributed by atoms with E-state index in [1.807, 2.05) is 0 Å². The molecular formula is C24H41N3O6. The number of rotatable bonds is 11. The van der Waals surface area contributed by atoms with Crippen molar-refractivity contribution in [2.45, 2.75) is 103 Å². The Morgan fingerprint density at radius 2 is 1.79 bits per heavy atom. The smallest absolute Gasteiger partial charge is 0.408 e. The van der Waals surface area contributed by atoms with Crippen LogP contribution in [0.15, 0.2) is 0 Å². The zero-order valence-electron chi connectivity index (χ0n) is 20.8. The fourth-order valence-electron chi connectivity index (χ4n) is 4.51. The second kappa shape index (κ2) is 11.7. The van der Waals surface area contributed by atoms with Gasteiger partial charge in [0, 0.05) is 6.54 Å². The van der Waals surface area contributed by atoms with Crippen molar-refractivity contribution in [1.82, 2.24) is 15.5 Å². The molecule has 9 heteroatoms. The predicted molar refractivity (Wildman–Crippen MR) is 123 cm³/mol. The Bertz CT molecular complexity index is 719. The Hall–Kier alpha value is -2.32. The number of unbranched alkanes of at least 4 members (excludes halogenated alkanes) is 4. The maximum Gasteiger partial charge on any atom is 0.408 e. The molecule has 0 unspecified atom stereocenters. The minimum absolute atomic E-state index is 0.0647. The number of methoxy groups -OCH3 is 1. The van der Waals surface area contributed by atoms with E-state index in [1.165, 1.54) is 31.3 Å². The van der Waals surface area contributed by atoms with E-state index in [0.717, 1.165) is 19.3 Å².